The number of hydrogen-bond acceptors (Lipinski definition) is 5. The highest BCUT2D eigenvalue weighted by Crippen LogP contribution is 2.46. The first-order valence-electron chi connectivity index (χ1n) is 13.4. The van der Waals surface area contributed by atoms with E-state index in [9.17, 15) is 22.8 Å². The third-order valence-corrected chi connectivity index (χ3v) is 8.44. The quantitative estimate of drug-likeness (QED) is 0.386. The Labute approximate surface area is 233 Å². The first-order chi connectivity index (χ1) is 19.7. The molecule has 1 spiro atoms. The van der Waals surface area contributed by atoms with Crippen molar-refractivity contribution < 1.29 is 22.8 Å². The number of nitrogens with one attached hydrogen (secondary N) is 2. The molecule has 0 saturated carbocycles. The fourth-order valence-electron chi connectivity index (χ4n) is 6.52. The summed E-state index contributed by atoms with van der Waals surface area (Å²) in [6.07, 6.45) is 0.200. The Morgan fingerprint density at radius 1 is 1.07 bits per heavy atom. The Hall–Kier alpha value is -4.54. The molecule has 4 aromatic rings. The van der Waals surface area contributed by atoms with Gasteiger partial charge in [-0.25, -0.2) is 9.97 Å². The van der Waals surface area contributed by atoms with Crippen LogP contribution in [-0.2, 0) is 36.0 Å². The minimum Gasteiger partial charge on any atom is -0.342 e. The van der Waals surface area contributed by atoms with Gasteiger partial charge in [0.05, 0.1) is 23.4 Å². The molecule has 0 radical (unpaired) electrons. The second kappa shape index (κ2) is 9.25. The molecule has 2 N–H and O–H groups in total. The first kappa shape index (κ1) is 25.4. The van der Waals surface area contributed by atoms with E-state index in [1.54, 1.807) is 22.9 Å². The van der Waals surface area contributed by atoms with E-state index in [-0.39, 0.29) is 17.5 Å². The van der Waals surface area contributed by atoms with Gasteiger partial charge in [-0.05, 0) is 36.1 Å². The summed E-state index contributed by atoms with van der Waals surface area (Å²) in [6, 6.07) is 14.4. The highest BCUT2D eigenvalue weighted by atomic mass is 19.4. The molecule has 7 rings (SSSR count). The van der Waals surface area contributed by atoms with Crippen LogP contribution in [-0.4, -0.2) is 37.5 Å². The molecule has 11 heteroatoms. The summed E-state index contributed by atoms with van der Waals surface area (Å²) in [6.45, 7) is 0.345. The number of nitrogens with zero attached hydrogens (tertiary/aromatic N) is 4. The summed E-state index contributed by atoms with van der Waals surface area (Å²) in [5, 5.41) is 5.87. The number of carbonyl (C=O) groups is 2. The van der Waals surface area contributed by atoms with Gasteiger partial charge in [0.1, 0.15) is 11.6 Å². The lowest BCUT2D eigenvalue weighted by Crippen LogP contribution is -2.36. The van der Waals surface area contributed by atoms with Crippen molar-refractivity contribution in [3.05, 3.63) is 107 Å². The van der Waals surface area contributed by atoms with E-state index in [1.807, 2.05) is 36.4 Å². The van der Waals surface area contributed by atoms with Crippen molar-refractivity contribution in [2.75, 3.05) is 5.32 Å². The summed E-state index contributed by atoms with van der Waals surface area (Å²) in [7, 11) is 0. The van der Waals surface area contributed by atoms with Crippen molar-refractivity contribution in [1.29, 1.82) is 0 Å². The number of alkyl halides is 3. The predicted molar refractivity (Wildman–Crippen MR) is 142 cm³/mol. The van der Waals surface area contributed by atoms with Crippen LogP contribution in [0.2, 0.25) is 0 Å². The number of aromatic nitrogens is 4. The zero-order valence-corrected chi connectivity index (χ0v) is 21.8. The average molecular weight is 559 g/mol. The molecule has 2 aliphatic heterocycles. The van der Waals surface area contributed by atoms with Gasteiger partial charge in [0.15, 0.2) is 0 Å². The number of pyridine rings is 2. The van der Waals surface area contributed by atoms with Crippen LogP contribution in [0.4, 0.5) is 19.0 Å². The van der Waals surface area contributed by atoms with Gasteiger partial charge < -0.3 is 15.2 Å². The zero-order valence-electron chi connectivity index (χ0n) is 21.8. The molecule has 208 valence electrons. The van der Waals surface area contributed by atoms with Crippen LogP contribution >= 0.6 is 0 Å². The van der Waals surface area contributed by atoms with E-state index >= 15 is 0 Å². The van der Waals surface area contributed by atoms with E-state index in [0.29, 0.717) is 43.0 Å². The molecule has 2 amide bonds. The minimum atomic E-state index is -4.38. The number of carbonyl (C=O) groups excluding carboxylic acids is 2. The third kappa shape index (κ3) is 4.36. The molecule has 1 unspecified atom stereocenters. The maximum atomic E-state index is 13.5. The maximum Gasteiger partial charge on any atom is 0.394 e. The highest BCUT2D eigenvalue weighted by molar-refractivity contribution is 6.06. The Morgan fingerprint density at radius 3 is 2.71 bits per heavy atom. The van der Waals surface area contributed by atoms with Crippen LogP contribution < -0.4 is 10.6 Å². The van der Waals surface area contributed by atoms with Gasteiger partial charge in [0.25, 0.3) is 5.91 Å². The van der Waals surface area contributed by atoms with E-state index < -0.39 is 30.0 Å². The fraction of sp³-hybridized carbons (Fsp3) is 0.300. The predicted octanol–water partition coefficient (Wildman–Crippen LogP) is 4.43. The summed E-state index contributed by atoms with van der Waals surface area (Å²) in [5.74, 6) is 0.317. The summed E-state index contributed by atoms with van der Waals surface area (Å²) >= 11 is 0. The monoisotopic (exact) mass is 558 g/mol. The largest absolute Gasteiger partial charge is 0.394 e. The number of hydrogen-bond donors (Lipinski definition) is 2. The lowest BCUT2D eigenvalue weighted by molar-refractivity contribution is -0.128. The van der Waals surface area contributed by atoms with Gasteiger partial charge in [0, 0.05) is 54.4 Å². The van der Waals surface area contributed by atoms with Crippen molar-refractivity contribution >= 4 is 17.6 Å². The standard InChI is InChI=1S/C30H25F3N6O2/c31-30(32,33)12-21-15-36-26-23(10-20(16-39(21)26)17-5-2-1-3-6-17)37-27(40)19-9-18-11-29(13-24(18)35-14-19)22-7-4-8-34-25(22)38-28(29)41/h1-9,14-15,20,23H,10-13,16H2,(H,37,40)(H,34,38,41)/t20-,23+,29?/m1/s1. The van der Waals surface area contributed by atoms with Gasteiger partial charge in [0.2, 0.25) is 5.91 Å². The molecule has 0 saturated heterocycles. The SMILES string of the molecule is O=C(N[C@H]1C[C@@H](c2ccccc2)Cn2c(CC(F)(F)F)cnc21)c1cnc2c(c1)CC1(C2)C(=O)Nc2ncccc21. The molecule has 0 fully saturated rings. The lowest BCUT2D eigenvalue weighted by Gasteiger charge is -2.32. The molecule has 3 aliphatic rings. The molecule has 0 bridgehead atoms. The molecular formula is C30H25F3N6O2. The number of benzene rings is 1. The first-order valence-corrected chi connectivity index (χ1v) is 13.4. The van der Waals surface area contributed by atoms with Crippen LogP contribution in [0.15, 0.2) is 67.1 Å². The topological polar surface area (TPSA) is 102 Å². The molecule has 1 aliphatic carbocycles. The Bertz CT molecular complexity index is 1690. The van der Waals surface area contributed by atoms with Crippen molar-refractivity contribution in [2.45, 2.75) is 55.8 Å². The molecule has 8 nitrogen and oxygen atoms in total. The number of halogens is 3. The number of rotatable bonds is 4. The van der Waals surface area contributed by atoms with Gasteiger partial charge in [-0.3, -0.25) is 14.6 Å². The second-order valence-electron chi connectivity index (χ2n) is 11.0. The number of anilines is 1. The van der Waals surface area contributed by atoms with Crippen LogP contribution in [0.25, 0.3) is 0 Å². The molecular weight excluding hydrogens is 533 g/mol. The second-order valence-corrected chi connectivity index (χ2v) is 11.0. The van der Waals surface area contributed by atoms with Gasteiger partial charge in [-0.1, -0.05) is 36.4 Å². The van der Waals surface area contributed by atoms with Crippen LogP contribution in [0.3, 0.4) is 0 Å². The fourth-order valence-corrected chi connectivity index (χ4v) is 6.52. The number of imidazole rings is 1. The van der Waals surface area contributed by atoms with Gasteiger partial charge in [-0.2, -0.15) is 13.2 Å². The minimum absolute atomic E-state index is 0.0708. The Kier molecular flexibility index (Phi) is 5.74. The van der Waals surface area contributed by atoms with Crippen molar-refractivity contribution in [3.63, 3.8) is 0 Å². The van der Waals surface area contributed by atoms with Crippen LogP contribution in [0.5, 0.6) is 0 Å². The zero-order chi connectivity index (χ0) is 28.4. The highest BCUT2D eigenvalue weighted by Gasteiger charge is 2.51. The molecule has 3 atom stereocenters. The van der Waals surface area contributed by atoms with E-state index in [2.05, 4.69) is 25.6 Å². The average Bonchev–Trinajstić information content (AvgIpc) is 3.62. The smallest absolute Gasteiger partial charge is 0.342 e. The van der Waals surface area contributed by atoms with E-state index in [1.165, 1.54) is 12.4 Å². The third-order valence-electron chi connectivity index (χ3n) is 8.44. The molecule has 3 aromatic heterocycles. The normalized spacial score (nSPS) is 22.7. The Morgan fingerprint density at radius 2 is 1.90 bits per heavy atom. The lowest BCUT2D eigenvalue weighted by atomic mass is 9.80. The van der Waals surface area contributed by atoms with Gasteiger partial charge >= 0.3 is 6.18 Å². The molecule has 41 heavy (non-hydrogen) atoms. The molecule has 1 aromatic carbocycles. The van der Waals surface area contributed by atoms with E-state index in [4.69, 9.17) is 0 Å². The van der Waals surface area contributed by atoms with Crippen molar-refractivity contribution in [2.24, 2.45) is 0 Å². The van der Waals surface area contributed by atoms with Crippen LogP contribution in [0.1, 0.15) is 62.6 Å². The number of amides is 2. The molecule has 5 heterocycles. The summed E-state index contributed by atoms with van der Waals surface area (Å²) in [4.78, 5) is 39.7. The van der Waals surface area contributed by atoms with Crippen molar-refractivity contribution in [3.8, 4) is 0 Å². The summed E-state index contributed by atoms with van der Waals surface area (Å²) < 4.78 is 41.5. The van der Waals surface area contributed by atoms with Gasteiger partial charge in [-0.15, -0.1) is 0 Å². The van der Waals surface area contributed by atoms with Crippen molar-refractivity contribution in [1.82, 2.24) is 24.8 Å². The Balaban J connectivity index is 1.16. The van der Waals surface area contributed by atoms with E-state index in [0.717, 1.165) is 22.4 Å². The maximum absolute atomic E-state index is 13.5. The summed E-state index contributed by atoms with van der Waals surface area (Å²) in [5.41, 5.74) is 2.96. The number of fused-ring (bicyclic) bond motifs is 4. The van der Waals surface area contributed by atoms with Crippen LogP contribution in [0, 0.1) is 0 Å².